The van der Waals surface area contributed by atoms with Gasteiger partial charge in [-0.05, 0) is 88.0 Å². The summed E-state index contributed by atoms with van der Waals surface area (Å²) < 4.78 is 0. The largest absolute Gasteiger partial charge is 0.399 e. The zero-order valence-electron chi connectivity index (χ0n) is 14.9. The fourth-order valence-electron chi connectivity index (χ4n) is 3.15. The minimum Gasteiger partial charge on any atom is -0.399 e. The average molecular weight is 351 g/mol. The summed E-state index contributed by atoms with van der Waals surface area (Å²) in [5.41, 5.74) is 26.6. The molecule has 132 valence electrons. The highest BCUT2D eigenvalue weighted by atomic mass is 14.5. The van der Waals surface area contributed by atoms with E-state index in [1.807, 2.05) is 72.8 Å². The van der Waals surface area contributed by atoms with Gasteiger partial charge in [-0.2, -0.15) is 0 Å². The number of nitrogen functional groups attached to an aromatic ring is 3. The van der Waals surface area contributed by atoms with Crippen molar-refractivity contribution in [2.45, 2.75) is 0 Å². The van der Waals surface area contributed by atoms with Crippen molar-refractivity contribution in [3.63, 3.8) is 0 Å². The van der Waals surface area contributed by atoms with Gasteiger partial charge in [0.2, 0.25) is 0 Å². The van der Waals surface area contributed by atoms with Gasteiger partial charge < -0.3 is 17.2 Å². The second kappa shape index (κ2) is 6.89. The van der Waals surface area contributed by atoms with Crippen molar-refractivity contribution in [3.05, 3.63) is 91.0 Å². The smallest absolute Gasteiger partial charge is 0.0314 e. The molecule has 27 heavy (non-hydrogen) atoms. The molecule has 0 unspecified atom stereocenters. The SMILES string of the molecule is Nc1ccc(-c2cc(-c3ccc(N)cc3)cc(-c3ccc(N)cc3)c2)cc1. The average Bonchev–Trinajstić information content (AvgIpc) is 2.69. The first-order valence-corrected chi connectivity index (χ1v) is 8.81. The van der Waals surface area contributed by atoms with Crippen LogP contribution in [0, 0.1) is 0 Å². The van der Waals surface area contributed by atoms with E-state index < -0.39 is 0 Å². The molecule has 6 N–H and O–H groups in total. The maximum Gasteiger partial charge on any atom is 0.0314 e. The van der Waals surface area contributed by atoms with Crippen LogP contribution >= 0.6 is 0 Å². The molecule has 3 heteroatoms. The molecule has 4 aromatic carbocycles. The van der Waals surface area contributed by atoms with E-state index >= 15 is 0 Å². The van der Waals surface area contributed by atoms with Crippen LogP contribution in [0.5, 0.6) is 0 Å². The summed E-state index contributed by atoms with van der Waals surface area (Å²) >= 11 is 0. The minimum atomic E-state index is 0.757. The number of hydrogen-bond donors (Lipinski definition) is 3. The summed E-state index contributed by atoms with van der Waals surface area (Å²) in [5.74, 6) is 0. The Morgan fingerprint density at radius 2 is 0.519 bits per heavy atom. The quantitative estimate of drug-likeness (QED) is 0.430. The molecule has 0 aliphatic rings. The fraction of sp³-hybridized carbons (Fsp3) is 0. The second-order valence-corrected chi connectivity index (χ2v) is 6.67. The van der Waals surface area contributed by atoms with Crippen molar-refractivity contribution >= 4 is 17.1 Å². The molecular formula is C24H21N3. The Labute approximate surface area is 159 Å². The van der Waals surface area contributed by atoms with Crippen molar-refractivity contribution < 1.29 is 0 Å². The molecule has 0 heterocycles. The zero-order valence-corrected chi connectivity index (χ0v) is 14.9. The van der Waals surface area contributed by atoms with Gasteiger partial charge in [0, 0.05) is 17.1 Å². The molecule has 0 aliphatic carbocycles. The Bertz CT molecular complexity index is 910. The Morgan fingerprint density at radius 3 is 0.741 bits per heavy atom. The molecule has 0 amide bonds. The van der Waals surface area contributed by atoms with Crippen LogP contribution in [0.4, 0.5) is 17.1 Å². The first-order chi connectivity index (χ1) is 13.1. The van der Waals surface area contributed by atoms with Crippen molar-refractivity contribution in [2.24, 2.45) is 0 Å². The monoisotopic (exact) mass is 351 g/mol. The molecule has 0 atom stereocenters. The van der Waals surface area contributed by atoms with E-state index in [1.165, 1.54) is 0 Å². The van der Waals surface area contributed by atoms with Gasteiger partial charge in [-0.3, -0.25) is 0 Å². The molecular weight excluding hydrogens is 330 g/mol. The van der Waals surface area contributed by atoms with Crippen LogP contribution in [-0.4, -0.2) is 0 Å². The lowest BCUT2D eigenvalue weighted by atomic mass is 9.93. The maximum absolute atomic E-state index is 5.85. The highest BCUT2D eigenvalue weighted by Crippen LogP contribution is 2.33. The normalized spacial score (nSPS) is 10.7. The van der Waals surface area contributed by atoms with E-state index in [0.717, 1.165) is 50.4 Å². The van der Waals surface area contributed by atoms with Crippen LogP contribution in [0.25, 0.3) is 33.4 Å². The third-order valence-electron chi connectivity index (χ3n) is 4.67. The van der Waals surface area contributed by atoms with Gasteiger partial charge in [-0.25, -0.2) is 0 Å². The molecule has 4 aromatic rings. The third-order valence-corrected chi connectivity index (χ3v) is 4.67. The van der Waals surface area contributed by atoms with Gasteiger partial charge in [-0.1, -0.05) is 36.4 Å². The molecule has 4 rings (SSSR count). The molecule has 0 aliphatic heterocycles. The molecule has 0 fully saturated rings. The van der Waals surface area contributed by atoms with Gasteiger partial charge in [0.15, 0.2) is 0 Å². The fourth-order valence-corrected chi connectivity index (χ4v) is 3.15. The molecule has 0 spiro atoms. The third kappa shape index (κ3) is 3.62. The van der Waals surface area contributed by atoms with Crippen LogP contribution in [0.3, 0.4) is 0 Å². The first kappa shape index (κ1) is 16.7. The Hall–Kier alpha value is -3.72. The van der Waals surface area contributed by atoms with E-state index in [9.17, 15) is 0 Å². The van der Waals surface area contributed by atoms with Gasteiger partial charge in [0.05, 0.1) is 0 Å². The summed E-state index contributed by atoms with van der Waals surface area (Å²) in [5, 5.41) is 0. The molecule has 0 bridgehead atoms. The zero-order chi connectivity index (χ0) is 18.8. The van der Waals surface area contributed by atoms with Crippen LogP contribution in [0.1, 0.15) is 0 Å². The van der Waals surface area contributed by atoms with Crippen molar-refractivity contribution in [1.29, 1.82) is 0 Å². The lowest BCUT2D eigenvalue weighted by molar-refractivity contribution is 1.56. The van der Waals surface area contributed by atoms with E-state index in [0.29, 0.717) is 0 Å². The maximum atomic E-state index is 5.85. The summed E-state index contributed by atoms with van der Waals surface area (Å²) in [6.07, 6.45) is 0. The summed E-state index contributed by atoms with van der Waals surface area (Å²) in [6, 6.07) is 30.4. The molecule has 0 saturated carbocycles. The minimum absolute atomic E-state index is 0.757. The van der Waals surface area contributed by atoms with Crippen LogP contribution in [0.2, 0.25) is 0 Å². The summed E-state index contributed by atoms with van der Waals surface area (Å²) in [4.78, 5) is 0. The van der Waals surface area contributed by atoms with Gasteiger partial charge >= 0.3 is 0 Å². The Morgan fingerprint density at radius 1 is 0.296 bits per heavy atom. The number of nitrogens with two attached hydrogens (primary N) is 3. The van der Waals surface area contributed by atoms with Crippen LogP contribution in [0.15, 0.2) is 91.0 Å². The summed E-state index contributed by atoms with van der Waals surface area (Å²) in [7, 11) is 0. The van der Waals surface area contributed by atoms with E-state index in [1.54, 1.807) is 0 Å². The number of rotatable bonds is 3. The predicted octanol–water partition coefficient (Wildman–Crippen LogP) is 5.43. The highest BCUT2D eigenvalue weighted by Gasteiger charge is 2.08. The molecule has 0 saturated heterocycles. The predicted molar refractivity (Wildman–Crippen MR) is 116 cm³/mol. The van der Waals surface area contributed by atoms with E-state index in [2.05, 4.69) is 18.2 Å². The van der Waals surface area contributed by atoms with Gasteiger partial charge in [0.25, 0.3) is 0 Å². The molecule has 3 nitrogen and oxygen atoms in total. The van der Waals surface area contributed by atoms with Crippen molar-refractivity contribution in [3.8, 4) is 33.4 Å². The molecule has 0 aromatic heterocycles. The number of anilines is 3. The van der Waals surface area contributed by atoms with Crippen molar-refractivity contribution in [2.75, 3.05) is 17.2 Å². The standard InChI is InChI=1S/C24H21N3/c25-22-7-1-16(2-8-22)19-13-20(17-3-9-23(26)10-4-17)15-21(14-19)18-5-11-24(27)12-6-18/h1-15H,25-27H2. The van der Waals surface area contributed by atoms with E-state index in [-0.39, 0.29) is 0 Å². The van der Waals surface area contributed by atoms with E-state index in [4.69, 9.17) is 17.2 Å². The summed E-state index contributed by atoms with van der Waals surface area (Å²) in [6.45, 7) is 0. The Kier molecular flexibility index (Phi) is 4.27. The number of benzene rings is 4. The lowest BCUT2D eigenvalue weighted by Gasteiger charge is -2.12. The Balaban J connectivity index is 1.89. The van der Waals surface area contributed by atoms with Crippen molar-refractivity contribution in [1.82, 2.24) is 0 Å². The van der Waals surface area contributed by atoms with Crippen LogP contribution in [-0.2, 0) is 0 Å². The van der Waals surface area contributed by atoms with Crippen LogP contribution < -0.4 is 17.2 Å². The second-order valence-electron chi connectivity index (χ2n) is 6.67. The number of hydrogen-bond acceptors (Lipinski definition) is 3. The first-order valence-electron chi connectivity index (χ1n) is 8.81. The lowest BCUT2D eigenvalue weighted by Crippen LogP contribution is -1.89. The molecule has 0 radical (unpaired) electrons. The van der Waals surface area contributed by atoms with Gasteiger partial charge in [0.1, 0.15) is 0 Å². The van der Waals surface area contributed by atoms with Gasteiger partial charge in [-0.15, -0.1) is 0 Å². The topological polar surface area (TPSA) is 78.1 Å². The highest BCUT2D eigenvalue weighted by molar-refractivity contribution is 5.82.